The number of halogens is 2. The normalized spacial score (nSPS) is 22.3. The van der Waals surface area contributed by atoms with Crippen LogP contribution < -0.4 is 5.32 Å². The summed E-state index contributed by atoms with van der Waals surface area (Å²) < 4.78 is 14.0. The first-order valence-corrected chi connectivity index (χ1v) is 5.72. The molecule has 1 saturated heterocycles. The minimum Gasteiger partial charge on any atom is -0.316 e. The van der Waals surface area contributed by atoms with Gasteiger partial charge >= 0.3 is 0 Å². The van der Waals surface area contributed by atoms with Crippen molar-refractivity contribution in [1.29, 1.82) is 0 Å². The van der Waals surface area contributed by atoms with Crippen LogP contribution in [0.2, 0.25) is 0 Å². The smallest absolute Gasteiger partial charge is 0.124 e. The van der Waals surface area contributed by atoms with E-state index in [1.54, 1.807) is 6.07 Å². The van der Waals surface area contributed by atoms with E-state index in [2.05, 4.69) is 21.2 Å². The fourth-order valence-corrected chi connectivity index (χ4v) is 2.43. The lowest BCUT2D eigenvalue weighted by atomic mass is 9.92. The second kappa shape index (κ2) is 4.41. The fourth-order valence-electron chi connectivity index (χ4n) is 1.95. The predicted molar refractivity (Wildman–Crippen MR) is 58.9 cm³/mol. The van der Waals surface area contributed by atoms with Crippen molar-refractivity contribution in [3.8, 4) is 0 Å². The minimum atomic E-state index is -0.153. The van der Waals surface area contributed by atoms with Gasteiger partial charge in [0.15, 0.2) is 0 Å². The third-order valence-corrected chi connectivity index (χ3v) is 3.11. The maximum Gasteiger partial charge on any atom is 0.124 e. The summed E-state index contributed by atoms with van der Waals surface area (Å²) in [6.45, 7) is 2.06. The van der Waals surface area contributed by atoms with Crippen LogP contribution in [0.3, 0.4) is 0 Å². The highest BCUT2D eigenvalue weighted by molar-refractivity contribution is 9.10. The molecule has 0 radical (unpaired) electrons. The standard InChI is InChI=1S/C11H13BrFN/c12-10-4-9(5-11(13)6-10)8-2-1-3-14-7-8/h4-6,8,14H,1-3,7H2/t8-/m0/s1. The van der Waals surface area contributed by atoms with E-state index in [1.165, 1.54) is 12.5 Å². The van der Waals surface area contributed by atoms with Gasteiger partial charge in [-0.25, -0.2) is 4.39 Å². The van der Waals surface area contributed by atoms with Gasteiger partial charge in [-0.15, -0.1) is 0 Å². The molecule has 1 fully saturated rings. The van der Waals surface area contributed by atoms with Crippen molar-refractivity contribution in [2.45, 2.75) is 18.8 Å². The van der Waals surface area contributed by atoms with Crippen LogP contribution in [0.5, 0.6) is 0 Å². The quantitative estimate of drug-likeness (QED) is 0.816. The second-order valence-corrected chi connectivity index (χ2v) is 4.66. The van der Waals surface area contributed by atoms with Gasteiger partial charge in [-0.05, 0) is 49.1 Å². The topological polar surface area (TPSA) is 12.0 Å². The van der Waals surface area contributed by atoms with Crippen molar-refractivity contribution in [2.75, 3.05) is 13.1 Å². The van der Waals surface area contributed by atoms with Gasteiger partial charge in [0.2, 0.25) is 0 Å². The van der Waals surface area contributed by atoms with Crippen molar-refractivity contribution in [3.63, 3.8) is 0 Å². The summed E-state index contributed by atoms with van der Waals surface area (Å²) in [5.74, 6) is 0.315. The van der Waals surface area contributed by atoms with Gasteiger partial charge in [0, 0.05) is 11.0 Å². The maximum absolute atomic E-state index is 13.1. The predicted octanol–water partition coefficient (Wildman–Crippen LogP) is 3.06. The Labute approximate surface area is 91.8 Å². The van der Waals surface area contributed by atoms with Gasteiger partial charge in [0.25, 0.3) is 0 Å². The Hall–Kier alpha value is -0.410. The molecular weight excluding hydrogens is 245 g/mol. The van der Waals surface area contributed by atoms with Crippen molar-refractivity contribution in [3.05, 3.63) is 34.1 Å². The zero-order valence-corrected chi connectivity index (χ0v) is 9.48. The molecule has 0 aliphatic carbocycles. The lowest BCUT2D eigenvalue weighted by molar-refractivity contribution is 0.459. The molecule has 0 amide bonds. The number of nitrogens with one attached hydrogen (secondary N) is 1. The minimum absolute atomic E-state index is 0.153. The summed E-state index contributed by atoms with van der Waals surface area (Å²) in [5.41, 5.74) is 1.10. The lowest BCUT2D eigenvalue weighted by Crippen LogP contribution is -2.28. The molecule has 3 heteroatoms. The molecule has 1 aromatic rings. The van der Waals surface area contributed by atoms with Gasteiger partial charge in [0.05, 0.1) is 0 Å². The number of rotatable bonds is 1. The molecule has 1 aliphatic heterocycles. The first kappa shape index (κ1) is 10.1. The molecule has 0 unspecified atom stereocenters. The largest absolute Gasteiger partial charge is 0.316 e. The highest BCUT2D eigenvalue weighted by Crippen LogP contribution is 2.26. The van der Waals surface area contributed by atoms with E-state index in [9.17, 15) is 4.39 Å². The third-order valence-electron chi connectivity index (χ3n) is 2.65. The second-order valence-electron chi connectivity index (χ2n) is 3.75. The van der Waals surface area contributed by atoms with E-state index < -0.39 is 0 Å². The molecule has 0 spiro atoms. The molecule has 1 aromatic carbocycles. The van der Waals surface area contributed by atoms with Crippen molar-refractivity contribution in [2.24, 2.45) is 0 Å². The Morgan fingerprint density at radius 2 is 2.21 bits per heavy atom. The summed E-state index contributed by atoms with van der Waals surface area (Å²) in [6, 6.07) is 5.16. The van der Waals surface area contributed by atoms with Crippen LogP contribution >= 0.6 is 15.9 Å². The summed E-state index contributed by atoms with van der Waals surface area (Å²) in [4.78, 5) is 0. The van der Waals surface area contributed by atoms with Gasteiger partial charge < -0.3 is 5.32 Å². The van der Waals surface area contributed by atoms with E-state index in [1.807, 2.05) is 6.07 Å². The van der Waals surface area contributed by atoms with Crippen LogP contribution in [0.1, 0.15) is 24.3 Å². The third kappa shape index (κ3) is 2.34. The number of piperidine rings is 1. The highest BCUT2D eigenvalue weighted by Gasteiger charge is 2.15. The fraction of sp³-hybridized carbons (Fsp3) is 0.455. The van der Waals surface area contributed by atoms with Crippen molar-refractivity contribution < 1.29 is 4.39 Å². The number of hydrogen-bond donors (Lipinski definition) is 1. The summed E-state index contributed by atoms with van der Waals surface area (Å²) in [5, 5.41) is 3.33. The Morgan fingerprint density at radius 3 is 2.86 bits per heavy atom. The molecular formula is C11H13BrFN. The molecule has 1 nitrogen and oxygen atoms in total. The van der Waals surface area contributed by atoms with Crippen LogP contribution in [-0.2, 0) is 0 Å². The van der Waals surface area contributed by atoms with Gasteiger partial charge in [-0.3, -0.25) is 0 Å². The first-order chi connectivity index (χ1) is 6.75. The first-order valence-electron chi connectivity index (χ1n) is 4.92. The van der Waals surface area contributed by atoms with Gasteiger partial charge in [-0.2, -0.15) is 0 Å². The van der Waals surface area contributed by atoms with E-state index >= 15 is 0 Å². The van der Waals surface area contributed by atoms with Gasteiger partial charge in [0.1, 0.15) is 5.82 Å². The average Bonchev–Trinajstić information content (AvgIpc) is 2.18. The Morgan fingerprint density at radius 1 is 1.36 bits per heavy atom. The number of benzene rings is 1. The summed E-state index contributed by atoms with van der Waals surface area (Å²) in [7, 11) is 0. The summed E-state index contributed by atoms with van der Waals surface area (Å²) in [6.07, 6.45) is 2.34. The molecule has 14 heavy (non-hydrogen) atoms. The van der Waals surface area contributed by atoms with Crippen LogP contribution in [0.4, 0.5) is 4.39 Å². The van der Waals surface area contributed by atoms with Crippen LogP contribution in [0, 0.1) is 5.82 Å². The van der Waals surface area contributed by atoms with E-state index in [4.69, 9.17) is 0 Å². The number of hydrogen-bond acceptors (Lipinski definition) is 1. The maximum atomic E-state index is 13.1. The molecule has 1 aliphatic rings. The van der Waals surface area contributed by atoms with Crippen molar-refractivity contribution in [1.82, 2.24) is 5.32 Å². The van der Waals surface area contributed by atoms with Crippen molar-refractivity contribution >= 4 is 15.9 Å². The van der Waals surface area contributed by atoms with E-state index in [0.29, 0.717) is 5.92 Å². The zero-order valence-electron chi connectivity index (χ0n) is 7.89. The van der Waals surface area contributed by atoms with Crippen LogP contribution in [0.25, 0.3) is 0 Å². The van der Waals surface area contributed by atoms with E-state index in [-0.39, 0.29) is 5.82 Å². The highest BCUT2D eigenvalue weighted by atomic mass is 79.9. The monoisotopic (exact) mass is 257 g/mol. The zero-order chi connectivity index (χ0) is 9.97. The van der Waals surface area contributed by atoms with Gasteiger partial charge in [-0.1, -0.05) is 15.9 Å². The molecule has 1 atom stereocenters. The molecule has 0 bridgehead atoms. The molecule has 76 valence electrons. The SMILES string of the molecule is Fc1cc(Br)cc([C@H]2CCCNC2)c1. The molecule has 0 saturated carbocycles. The molecule has 0 aromatic heterocycles. The lowest BCUT2D eigenvalue weighted by Gasteiger charge is -2.23. The Balaban J connectivity index is 2.21. The Bertz CT molecular complexity index is 301. The molecule has 1 heterocycles. The van der Waals surface area contributed by atoms with Crippen LogP contribution in [-0.4, -0.2) is 13.1 Å². The average molecular weight is 258 g/mol. The Kier molecular flexibility index (Phi) is 3.19. The summed E-state index contributed by atoms with van der Waals surface area (Å²) >= 11 is 3.32. The van der Waals surface area contributed by atoms with Crippen LogP contribution in [0.15, 0.2) is 22.7 Å². The molecule has 2 rings (SSSR count). The molecule has 1 N–H and O–H groups in total. The van der Waals surface area contributed by atoms with E-state index in [0.717, 1.165) is 29.5 Å².